The summed E-state index contributed by atoms with van der Waals surface area (Å²) in [5, 5.41) is 0. The summed E-state index contributed by atoms with van der Waals surface area (Å²) in [6, 6.07) is 0. The third kappa shape index (κ3) is 2.85. The van der Waals surface area contributed by atoms with Crippen molar-refractivity contribution in [3.8, 4) is 0 Å². The number of carbonyl (C=O) groups excluding carboxylic acids is 1. The molecule has 0 N–H and O–H groups in total. The van der Waals surface area contributed by atoms with Crippen molar-refractivity contribution >= 4 is 5.97 Å². The molecule has 2 saturated carbocycles. The van der Waals surface area contributed by atoms with Crippen molar-refractivity contribution < 1.29 is 9.53 Å². The summed E-state index contributed by atoms with van der Waals surface area (Å²) in [4.78, 5) is 16.7. The molecule has 1 aliphatic heterocycles. The van der Waals surface area contributed by atoms with E-state index in [1.807, 2.05) is 6.20 Å². The molecule has 0 aromatic heterocycles. The van der Waals surface area contributed by atoms with E-state index in [2.05, 4.69) is 43.7 Å². The van der Waals surface area contributed by atoms with Crippen LogP contribution >= 0.6 is 0 Å². The summed E-state index contributed by atoms with van der Waals surface area (Å²) in [6.07, 6.45) is 10.1. The third-order valence-electron chi connectivity index (χ3n) is 6.97. The Morgan fingerprint density at radius 1 is 1.26 bits per heavy atom. The molecule has 2 aliphatic carbocycles. The van der Waals surface area contributed by atoms with Crippen LogP contribution in [0.4, 0.5) is 0 Å². The first-order valence-electron chi connectivity index (χ1n) is 9.22. The third-order valence-corrected chi connectivity index (χ3v) is 6.97. The minimum Gasteiger partial charge on any atom is -0.460 e. The van der Waals surface area contributed by atoms with Crippen molar-refractivity contribution in [1.29, 1.82) is 0 Å². The lowest BCUT2D eigenvalue weighted by Crippen LogP contribution is -2.40. The van der Waals surface area contributed by atoms with Gasteiger partial charge in [0.05, 0.1) is 6.67 Å². The van der Waals surface area contributed by atoms with E-state index in [0.717, 1.165) is 19.6 Å². The first kappa shape index (κ1) is 16.7. The van der Waals surface area contributed by atoms with Gasteiger partial charge < -0.3 is 14.5 Å². The Labute approximate surface area is 140 Å². The van der Waals surface area contributed by atoms with Crippen LogP contribution in [0, 0.1) is 16.7 Å². The fourth-order valence-corrected chi connectivity index (χ4v) is 4.80. The average molecular weight is 320 g/mol. The molecule has 130 valence electrons. The van der Waals surface area contributed by atoms with Crippen LogP contribution in [0.2, 0.25) is 0 Å². The fraction of sp³-hybridized carbons (Fsp3) is 0.842. The predicted molar refractivity (Wildman–Crippen MR) is 91.4 cm³/mol. The van der Waals surface area contributed by atoms with Gasteiger partial charge in [-0.2, -0.15) is 0 Å². The fourth-order valence-electron chi connectivity index (χ4n) is 4.80. The molecule has 4 nitrogen and oxygen atoms in total. The second kappa shape index (κ2) is 6.03. The van der Waals surface area contributed by atoms with Gasteiger partial charge in [0, 0.05) is 24.4 Å². The molecule has 23 heavy (non-hydrogen) atoms. The second-order valence-corrected chi connectivity index (χ2v) is 8.44. The highest BCUT2D eigenvalue weighted by molar-refractivity contribution is 5.72. The van der Waals surface area contributed by atoms with Gasteiger partial charge in [0.15, 0.2) is 0 Å². The number of rotatable bonds is 6. The Bertz CT molecular complexity index is 488. The number of hydrogen-bond acceptors (Lipinski definition) is 4. The minimum absolute atomic E-state index is 0.0680. The molecule has 3 aliphatic rings. The molecular weight excluding hydrogens is 288 g/mol. The van der Waals surface area contributed by atoms with Crippen LogP contribution in [-0.2, 0) is 9.53 Å². The number of fused-ring (bicyclic) bond motifs is 2. The molecule has 0 radical (unpaired) electrons. The van der Waals surface area contributed by atoms with E-state index in [0.29, 0.717) is 17.9 Å². The Morgan fingerprint density at radius 3 is 2.61 bits per heavy atom. The standard InChI is InChI=1S/C19H32N2O2/c1-5-6-9-20-10-11-21(14-20)13-17(22)23-16-12-15-7-8-19(16,4)18(15,2)3/h10-11,15-16H,5-9,12-14H2,1-4H3. The topological polar surface area (TPSA) is 32.8 Å². The Kier molecular flexibility index (Phi) is 4.37. The summed E-state index contributed by atoms with van der Waals surface area (Å²) in [5.41, 5.74) is 0.448. The minimum atomic E-state index is -0.0680. The highest BCUT2D eigenvalue weighted by Gasteiger charge is 2.62. The van der Waals surface area contributed by atoms with Gasteiger partial charge in [-0.1, -0.05) is 34.1 Å². The maximum absolute atomic E-state index is 12.4. The number of unbranched alkanes of at least 4 members (excludes halogenated alkanes) is 1. The second-order valence-electron chi connectivity index (χ2n) is 8.44. The first-order valence-corrected chi connectivity index (χ1v) is 9.22. The summed E-state index contributed by atoms with van der Waals surface area (Å²) >= 11 is 0. The lowest BCUT2D eigenvalue weighted by atomic mass is 9.70. The molecule has 1 heterocycles. The van der Waals surface area contributed by atoms with Crippen molar-refractivity contribution in [2.24, 2.45) is 16.7 Å². The first-order chi connectivity index (χ1) is 10.9. The van der Waals surface area contributed by atoms with Crippen molar-refractivity contribution in [3.05, 3.63) is 12.4 Å². The SMILES string of the molecule is CCCCN1C=CN(CC(=O)OC2CC3CCC2(C)C3(C)C)C1. The maximum Gasteiger partial charge on any atom is 0.325 e. The van der Waals surface area contributed by atoms with E-state index in [1.54, 1.807) is 0 Å². The molecule has 4 heteroatoms. The zero-order valence-electron chi connectivity index (χ0n) is 15.2. The van der Waals surface area contributed by atoms with Gasteiger partial charge in [0.1, 0.15) is 12.6 Å². The zero-order valence-corrected chi connectivity index (χ0v) is 15.2. The number of hydrogen-bond donors (Lipinski definition) is 0. The lowest BCUT2D eigenvalue weighted by molar-refractivity contribution is -0.157. The summed E-state index contributed by atoms with van der Waals surface area (Å²) in [7, 11) is 0. The van der Waals surface area contributed by atoms with E-state index in [1.165, 1.54) is 25.7 Å². The van der Waals surface area contributed by atoms with Crippen LogP contribution in [0.15, 0.2) is 12.4 Å². The number of esters is 1. The van der Waals surface area contributed by atoms with Crippen molar-refractivity contribution in [2.45, 2.75) is 65.9 Å². The monoisotopic (exact) mass is 320 g/mol. The summed E-state index contributed by atoms with van der Waals surface area (Å²) < 4.78 is 5.93. The zero-order chi connectivity index (χ0) is 16.7. The summed E-state index contributed by atoms with van der Waals surface area (Å²) in [5.74, 6) is 0.642. The molecule has 0 aromatic carbocycles. The molecule has 0 amide bonds. The molecule has 3 atom stereocenters. The van der Waals surface area contributed by atoms with E-state index in [-0.39, 0.29) is 17.5 Å². The average Bonchev–Trinajstić information content (AvgIpc) is 3.07. The Balaban J connectivity index is 1.49. The van der Waals surface area contributed by atoms with Gasteiger partial charge in [0.25, 0.3) is 0 Å². The van der Waals surface area contributed by atoms with Crippen LogP contribution in [0.3, 0.4) is 0 Å². The van der Waals surface area contributed by atoms with Crippen LogP contribution in [0.1, 0.15) is 59.8 Å². The van der Waals surface area contributed by atoms with Crippen molar-refractivity contribution in [1.82, 2.24) is 9.80 Å². The van der Waals surface area contributed by atoms with Crippen LogP contribution < -0.4 is 0 Å². The maximum atomic E-state index is 12.4. The molecule has 2 fully saturated rings. The highest BCUT2D eigenvalue weighted by Crippen LogP contribution is 2.66. The van der Waals surface area contributed by atoms with Gasteiger partial charge in [0.2, 0.25) is 0 Å². The molecule has 0 spiro atoms. The van der Waals surface area contributed by atoms with E-state index < -0.39 is 0 Å². The molecule has 3 rings (SSSR count). The number of carbonyl (C=O) groups is 1. The normalized spacial score (nSPS) is 34.4. The van der Waals surface area contributed by atoms with Crippen LogP contribution in [0.25, 0.3) is 0 Å². The molecule has 2 bridgehead atoms. The Morgan fingerprint density at radius 2 is 2.00 bits per heavy atom. The quantitative estimate of drug-likeness (QED) is 0.700. The van der Waals surface area contributed by atoms with Crippen LogP contribution in [0.5, 0.6) is 0 Å². The van der Waals surface area contributed by atoms with Crippen molar-refractivity contribution in [3.63, 3.8) is 0 Å². The van der Waals surface area contributed by atoms with Gasteiger partial charge in [-0.05, 0) is 37.0 Å². The van der Waals surface area contributed by atoms with E-state index in [9.17, 15) is 4.79 Å². The predicted octanol–water partition coefficient (Wildman–Crippen LogP) is 3.59. The van der Waals surface area contributed by atoms with Crippen molar-refractivity contribution in [2.75, 3.05) is 19.8 Å². The number of nitrogens with zero attached hydrogens (tertiary/aromatic N) is 2. The van der Waals surface area contributed by atoms with Gasteiger partial charge >= 0.3 is 5.97 Å². The van der Waals surface area contributed by atoms with Gasteiger partial charge in [-0.3, -0.25) is 4.79 Å². The van der Waals surface area contributed by atoms with Gasteiger partial charge in [-0.25, -0.2) is 0 Å². The smallest absolute Gasteiger partial charge is 0.325 e. The highest BCUT2D eigenvalue weighted by atomic mass is 16.5. The molecule has 3 unspecified atom stereocenters. The Hall–Kier alpha value is -1.19. The molecule has 0 saturated heterocycles. The summed E-state index contributed by atoms with van der Waals surface area (Å²) in [6.45, 7) is 11.5. The largest absolute Gasteiger partial charge is 0.460 e. The lowest BCUT2D eigenvalue weighted by Gasteiger charge is -2.38. The molecule has 0 aromatic rings. The molecular formula is C19H32N2O2. The van der Waals surface area contributed by atoms with Crippen LogP contribution in [-0.4, -0.2) is 41.6 Å². The van der Waals surface area contributed by atoms with Gasteiger partial charge in [-0.15, -0.1) is 0 Å². The van der Waals surface area contributed by atoms with E-state index in [4.69, 9.17) is 4.74 Å². The van der Waals surface area contributed by atoms with E-state index >= 15 is 0 Å². The number of ether oxygens (including phenoxy) is 1.